The molecule has 0 saturated heterocycles. The van der Waals surface area contributed by atoms with Crippen molar-refractivity contribution in [3.8, 4) is 11.4 Å². The number of amides is 1. The number of aromatic nitrogens is 1. The van der Waals surface area contributed by atoms with Gasteiger partial charge in [-0.05, 0) is 61.4 Å². The van der Waals surface area contributed by atoms with Crippen molar-refractivity contribution < 1.29 is 9.53 Å². The molecular weight excluding hydrogens is 412 g/mol. The van der Waals surface area contributed by atoms with Gasteiger partial charge in [0.15, 0.2) is 0 Å². The number of nitrogens with one attached hydrogen (secondary N) is 1. The van der Waals surface area contributed by atoms with E-state index in [0.29, 0.717) is 38.5 Å². The fourth-order valence-electron chi connectivity index (χ4n) is 3.51. The van der Waals surface area contributed by atoms with E-state index in [1.807, 2.05) is 32.0 Å². The standard InChI is InChI=1S/C25H21ClN2O3/c1-15-8-10-18(12-16(15)2)28-14-21(19-6-4-5-7-20(19)25(28)30)24(29)27-22-13-17(26)9-11-23(22)31-3/h4-14H,1-3H3,(H,27,29). The molecule has 0 atom stereocenters. The second kappa shape index (κ2) is 8.28. The maximum absolute atomic E-state index is 13.3. The predicted molar refractivity (Wildman–Crippen MR) is 125 cm³/mol. The maximum atomic E-state index is 13.3. The molecule has 31 heavy (non-hydrogen) atoms. The Morgan fingerprint density at radius 2 is 1.71 bits per heavy atom. The summed E-state index contributed by atoms with van der Waals surface area (Å²) in [5.74, 6) is 0.124. The molecule has 0 spiro atoms. The number of fused-ring (bicyclic) bond motifs is 1. The number of methoxy groups -OCH3 is 1. The molecule has 3 aromatic carbocycles. The molecule has 0 aliphatic carbocycles. The molecule has 0 saturated carbocycles. The largest absolute Gasteiger partial charge is 0.495 e. The van der Waals surface area contributed by atoms with E-state index in [1.54, 1.807) is 48.7 Å². The number of pyridine rings is 1. The molecular formula is C25H21ClN2O3. The van der Waals surface area contributed by atoms with Crippen LogP contribution in [0.4, 0.5) is 5.69 Å². The Morgan fingerprint density at radius 1 is 0.968 bits per heavy atom. The lowest BCUT2D eigenvalue weighted by Gasteiger charge is -2.15. The Morgan fingerprint density at radius 3 is 2.42 bits per heavy atom. The first-order valence-electron chi connectivity index (χ1n) is 9.76. The highest BCUT2D eigenvalue weighted by Crippen LogP contribution is 2.29. The van der Waals surface area contributed by atoms with Gasteiger partial charge in [0.1, 0.15) is 5.75 Å². The molecule has 0 unspecified atom stereocenters. The van der Waals surface area contributed by atoms with Crippen LogP contribution in [0.25, 0.3) is 16.5 Å². The number of benzene rings is 3. The number of halogens is 1. The third kappa shape index (κ3) is 3.92. The van der Waals surface area contributed by atoms with E-state index in [4.69, 9.17) is 16.3 Å². The van der Waals surface area contributed by atoms with Gasteiger partial charge in [0.2, 0.25) is 0 Å². The summed E-state index contributed by atoms with van der Waals surface area (Å²) in [7, 11) is 1.52. The smallest absolute Gasteiger partial charge is 0.262 e. The van der Waals surface area contributed by atoms with Crippen molar-refractivity contribution in [3.63, 3.8) is 0 Å². The van der Waals surface area contributed by atoms with Crippen molar-refractivity contribution >= 4 is 34.0 Å². The zero-order chi connectivity index (χ0) is 22.1. The summed E-state index contributed by atoms with van der Waals surface area (Å²) in [4.78, 5) is 26.5. The molecule has 0 aliphatic rings. The Labute approximate surface area is 184 Å². The van der Waals surface area contributed by atoms with Gasteiger partial charge in [0.05, 0.1) is 18.4 Å². The highest BCUT2D eigenvalue weighted by atomic mass is 35.5. The number of nitrogens with zero attached hydrogens (tertiary/aromatic N) is 1. The summed E-state index contributed by atoms with van der Waals surface area (Å²) < 4.78 is 6.85. The zero-order valence-electron chi connectivity index (χ0n) is 17.4. The number of carbonyl (C=O) groups excluding carboxylic acids is 1. The SMILES string of the molecule is COc1ccc(Cl)cc1NC(=O)c1cn(-c2ccc(C)c(C)c2)c(=O)c2ccccc12. The summed E-state index contributed by atoms with van der Waals surface area (Å²) in [5, 5.41) is 4.38. The molecule has 4 aromatic rings. The lowest BCUT2D eigenvalue weighted by molar-refractivity contribution is 0.102. The van der Waals surface area contributed by atoms with E-state index in [-0.39, 0.29) is 11.5 Å². The van der Waals surface area contributed by atoms with Crippen LogP contribution in [0.15, 0.2) is 71.7 Å². The first-order chi connectivity index (χ1) is 14.9. The van der Waals surface area contributed by atoms with Crippen molar-refractivity contribution in [2.24, 2.45) is 0 Å². The Balaban J connectivity index is 1.88. The first kappa shape index (κ1) is 20.7. The lowest BCUT2D eigenvalue weighted by atomic mass is 10.1. The lowest BCUT2D eigenvalue weighted by Crippen LogP contribution is -2.23. The third-order valence-corrected chi connectivity index (χ3v) is 5.58. The van der Waals surface area contributed by atoms with Crippen molar-refractivity contribution in [2.75, 3.05) is 12.4 Å². The Kier molecular flexibility index (Phi) is 5.53. The third-order valence-electron chi connectivity index (χ3n) is 5.35. The van der Waals surface area contributed by atoms with Gasteiger partial charge in [-0.2, -0.15) is 0 Å². The van der Waals surface area contributed by atoms with Gasteiger partial charge in [0, 0.05) is 27.7 Å². The van der Waals surface area contributed by atoms with Gasteiger partial charge < -0.3 is 10.1 Å². The molecule has 0 bridgehead atoms. The van der Waals surface area contributed by atoms with Gasteiger partial charge in [-0.25, -0.2) is 0 Å². The zero-order valence-corrected chi connectivity index (χ0v) is 18.2. The van der Waals surface area contributed by atoms with Crippen LogP contribution in [-0.2, 0) is 0 Å². The fourth-order valence-corrected chi connectivity index (χ4v) is 3.68. The molecule has 156 valence electrons. The average molecular weight is 433 g/mol. The van der Waals surface area contributed by atoms with Crippen LogP contribution in [0.1, 0.15) is 21.5 Å². The van der Waals surface area contributed by atoms with Gasteiger partial charge in [-0.3, -0.25) is 14.2 Å². The molecule has 0 fully saturated rings. The first-order valence-corrected chi connectivity index (χ1v) is 10.1. The summed E-state index contributed by atoms with van der Waals surface area (Å²) in [6.07, 6.45) is 1.58. The maximum Gasteiger partial charge on any atom is 0.262 e. The van der Waals surface area contributed by atoms with Crippen LogP contribution in [-0.4, -0.2) is 17.6 Å². The van der Waals surface area contributed by atoms with E-state index in [1.165, 1.54) is 11.7 Å². The molecule has 6 heteroatoms. The molecule has 1 N–H and O–H groups in total. The predicted octanol–water partition coefficient (Wildman–Crippen LogP) is 5.52. The number of rotatable bonds is 4. The van der Waals surface area contributed by atoms with Crippen LogP contribution >= 0.6 is 11.6 Å². The number of hydrogen-bond donors (Lipinski definition) is 1. The normalized spacial score (nSPS) is 10.8. The fraction of sp³-hybridized carbons (Fsp3) is 0.120. The summed E-state index contributed by atoms with van der Waals surface area (Å²) in [6, 6.07) is 17.9. The number of hydrogen-bond acceptors (Lipinski definition) is 3. The number of ether oxygens (including phenoxy) is 1. The molecule has 0 radical (unpaired) electrons. The number of anilines is 1. The van der Waals surface area contributed by atoms with E-state index < -0.39 is 0 Å². The summed E-state index contributed by atoms with van der Waals surface area (Å²) >= 11 is 6.10. The van der Waals surface area contributed by atoms with Crippen LogP contribution in [0.3, 0.4) is 0 Å². The molecule has 1 amide bonds. The van der Waals surface area contributed by atoms with Gasteiger partial charge >= 0.3 is 0 Å². The highest BCUT2D eigenvalue weighted by molar-refractivity contribution is 6.31. The van der Waals surface area contributed by atoms with Gasteiger partial charge in [-0.1, -0.05) is 35.9 Å². The Hall–Kier alpha value is -3.57. The number of aryl methyl sites for hydroxylation is 2. The quantitative estimate of drug-likeness (QED) is 0.461. The molecule has 1 aromatic heterocycles. The van der Waals surface area contributed by atoms with Crippen LogP contribution in [0.2, 0.25) is 5.02 Å². The van der Waals surface area contributed by atoms with Crippen LogP contribution in [0, 0.1) is 13.8 Å². The number of carbonyl (C=O) groups is 1. The molecule has 1 heterocycles. The van der Waals surface area contributed by atoms with Gasteiger partial charge in [0.25, 0.3) is 11.5 Å². The minimum Gasteiger partial charge on any atom is -0.495 e. The molecule has 0 aliphatic heterocycles. The van der Waals surface area contributed by atoms with Crippen molar-refractivity contribution in [1.82, 2.24) is 4.57 Å². The topological polar surface area (TPSA) is 60.3 Å². The minimum absolute atomic E-state index is 0.185. The summed E-state index contributed by atoms with van der Waals surface area (Å²) in [6.45, 7) is 4.00. The van der Waals surface area contributed by atoms with E-state index >= 15 is 0 Å². The van der Waals surface area contributed by atoms with E-state index in [0.717, 1.165) is 11.1 Å². The average Bonchev–Trinajstić information content (AvgIpc) is 2.76. The monoisotopic (exact) mass is 432 g/mol. The van der Waals surface area contributed by atoms with Crippen LogP contribution < -0.4 is 15.6 Å². The van der Waals surface area contributed by atoms with Crippen molar-refractivity contribution in [3.05, 3.63) is 98.9 Å². The van der Waals surface area contributed by atoms with Crippen molar-refractivity contribution in [1.29, 1.82) is 0 Å². The van der Waals surface area contributed by atoms with E-state index in [2.05, 4.69) is 5.32 Å². The summed E-state index contributed by atoms with van der Waals surface area (Å²) in [5.41, 5.74) is 3.53. The molecule has 5 nitrogen and oxygen atoms in total. The van der Waals surface area contributed by atoms with E-state index in [9.17, 15) is 9.59 Å². The Bertz CT molecular complexity index is 1380. The second-order valence-corrected chi connectivity index (χ2v) is 7.77. The molecule has 4 rings (SSSR count). The van der Waals surface area contributed by atoms with Gasteiger partial charge in [-0.15, -0.1) is 0 Å². The second-order valence-electron chi connectivity index (χ2n) is 7.33. The van der Waals surface area contributed by atoms with Crippen LogP contribution in [0.5, 0.6) is 5.75 Å². The van der Waals surface area contributed by atoms with Crippen molar-refractivity contribution in [2.45, 2.75) is 13.8 Å². The minimum atomic E-state index is -0.366. The highest BCUT2D eigenvalue weighted by Gasteiger charge is 2.17.